The number of para-hydroxylation sites is 1. The van der Waals surface area contributed by atoms with Gasteiger partial charge in [-0.25, -0.2) is 8.42 Å². The number of sulfonamides is 1. The van der Waals surface area contributed by atoms with Gasteiger partial charge in [-0.05, 0) is 36.6 Å². The predicted octanol–water partition coefficient (Wildman–Crippen LogP) is 3.24. The van der Waals surface area contributed by atoms with Gasteiger partial charge in [-0.1, -0.05) is 36.4 Å². The van der Waals surface area contributed by atoms with Crippen LogP contribution in [0.5, 0.6) is 5.75 Å². The zero-order valence-corrected chi connectivity index (χ0v) is 14.3. The Morgan fingerprint density at radius 2 is 1.54 bits per heavy atom. The van der Waals surface area contributed by atoms with Crippen molar-refractivity contribution in [3.05, 3.63) is 60.2 Å². The van der Waals surface area contributed by atoms with Crippen LogP contribution in [0.3, 0.4) is 0 Å². The molecule has 4 nitrogen and oxygen atoms in total. The lowest BCUT2D eigenvalue weighted by atomic mass is 9.84. The van der Waals surface area contributed by atoms with Gasteiger partial charge in [0.05, 0.1) is 4.90 Å². The fraction of sp³-hybridized carbons (Fsp3) is 0.368. The molecule has 1 fully saturated rings. The molecule has 2 heterocycles. The minimum atomic E-state index is -3.40. The van der Waals surface area contributed by atoms with Crippen molar-refractivity contribution in [1.29, 1.82) is 0 Å². The number of hydrogen-bond acceptors (Lipinski definition) is 3. The van der Waals surface area contributed by atoms with Crippen LogP contribution in [-0.4, -0.2) is 31.4 Å². The van der Waals surface area contributed by atoms with Crippen molar-refractivity contribution in [1.82, 2.24) is 4.31 Å². The number of hydrogen-bond donors (Lipinski definition) is 0. The first-order valence-corrected chi connectivity index (χ1v) is 9.85. The minimum absolute atomic E-state index is 0.211. The molecule has 2 aliphatic rings. The third-order valence-corrected chi connectivity index (χ3v) is 7.08. The molecule has 0 saturated carbocycles. The van der Waals surface area contributed by atoms with Crippen LogP contribution in [0, 0.1) is 0 Å². The van der Waals surface area contributed by atoms with Crippen LogP contribution < -0.4 is 4.74 Å². The van der Waals surface area contributed by atoms with Crippen molar-refractivity contribution >= 4 is 10.0 Å². The lowest BCUT2D eigenvalue weighted by Crippen LogP contribution is -2.51. The van der Waals surface area contributed by atoms with Crippen LogP contribution in [0.15, 0.2) is 59.5 Å². The molecule has 126 valence electrons. The molecule has 0 N–H and O–H groups in total. The molecule has 1 saturated heterocycles. The number of piperidine rings is 1. The van der Waals surface area contributed by atoms with Gasteiger partial charge in [0.15, 0.2) is 0 Å². The highest BCUT2D eigenvalue weighted by molar-refractivity contribution is 7.89. The summed E-state index contributed by atoms with van der Waals surface area (Å²) in [6.07, 6.45) is 3.45. The van der Waals surface area contributed by atoms with Crippen LogP contribution in [-0.2, 0) is 16.4 Å². The van der Waals surface area contributed by atoms with Gasteiger partial charge in [0, 0.05) is 25.9 Å². The Balaban J connectivity index is 1.50. The first-order valence-electron chi connectivity index (χ1n) is 8.41. The van der Waals surface area contributed by atoms with Gasteiger partial charge < -0.3 is 4.74 Å². The van der Waals surface area contributed by atoms with Crippen LogP contribution in [0.4, 0.5) is 0 Å². The van der Waals surface area contributed by atoms with E-state index in [1.165, 1.54) is 5.56 Å². The summed E-state index contributed by atoms with van der Waals surface area (Å²) in [5.41, 5.74) is 1.04. The number of aryl methyl sites for hydroxylation is 1. The molecule has 0 atom stereocenters. The lowest BCUT2D eigenvalue weighted by molar-refractivity contribution is 0.00181. The summed E-state index contributed by atoms with van der Waals surface area (Å²) >= 11 is 0. The van der Waals surface area contributed by atoms with Crippen LogP contribution >= 0.6 is 0 Å². The number of rotatable bonds is 2. The van der Waals surface area contributed by atoms with Gasteiger partial charge in [0.1, 0.15) is 11.4 Å². The van der Waals surface area contributed by atoms with Crippen molar-refractivity contribution in [2.45, 2.75) is 36.2 Å². The molecule has 2 aromatic carbocycles. The average molecular weight is 343 g/mol. The minimum Gasteiger partial charge on any atom is -0.487 e. The fourth-order valence-electron chi connectivity index (χ4n) is 3.68. The van der Waals surface area contributed by atoms with E-state index in [9.17, 15) is 8.42 Å². The van der Waals surface area contributed by atoms with Crippen molar-refractivity contribution in [2.24, 2.45) is 0 Å². The summed E-state index contributed by atoms with van der Waals surface area (Å²) in [5, 5.41) is 0. The first-order chi connectivity index (χ1) is 11.6. The van der Waals surface area contributed by atoms with Crippen LogP contribution in [0.25, 0.3) is 0 Å². The molecule has 1 spiro atoms. The number of nitrogens with zero attached hydrogens (tertiary/aromatic N) is 1. The van der Waals surface area contributed by atoms with Gasteiger partial charge in [-0.15, -0.1) is 0 Å². The van der Waals surface area contributed by atoms with E-state index in [2.05, 4.69) is 6.07 Å². The van der Waals surface area contributed by atoms with Crippen LogP contribution in [0.2, 0.25) is 0 Å². The van der Waals surface area contributed by atoms with Crippen molar-refractivity contribution in [3.63, 3.8) is 0 Å². The summed E-state index contributed by atoms with van der Waals surface area (Å²) in [6.45, 7) is 1.03. The van der Waals surface area contributed by atoms with Crippen molar-refractivity contribution in [2.75, 3.05) is 13.1 Å². The molecular weight excluding hydrogens is 322 g/mol. The Hall–Kier alpha value is -1.85. The molecule has 4 rings (SSSR count). The summed E-state index contributed by atoms with van der Waals surface area (Å²) < 4.78 is 33.4. The zero-order chi connectivity index (χ0) is 16.6. The van der Waals surface area contributed by atoms with E-state index in [1.54, 1.807) is 28.6 Å². The Morgan fingerprint density at radius 3 is 2.29 bits per heavy atom. The van der Waals surface area contributed by atoms with E-state index < -0.39 is 10.0 Å². The maximum absolute atomic E-state index is 12.7. The van der Waals surface area contributed by atoms with Crippen molar-refractivity contribution in [3.8, 4) is 5.75 Å². The summed E-state index contributed by atoms with van der Waals surface area (Å²) in [5.74, 6) is 0.961. The zero-order valence-electron chi connectivity index (χ0n) is 13.5. The van der Waals surface area contributed by atoms with Gasteiger partial charge in [-0.3, -0.25) is 0 Å². The molecule has 24 heavy (non-hydrogen) atoms. The number of benzene rings is 2. The second-order valence-electron chi connectivity index (χ2n) is 6.61. The van der Waals surface area contributed by atoms with Gasteiger partial charge in [0.25, 0.3) is 0 Å². The standard InChI is InChI=1S/C19H21NO3S/c21-24(22,17-7-2-1-3-8-17)20-14-12-19(13-15-20)11-10-16-6-4-5-9-18(16)23-19/h1-9H,10-15H2. The van der Waals surface area contributed by atoms with E-state index in [-0.39, 0.29) is 5.60 Å². The Morgan fingerprint density at radius 1 is 0.875 bits per heavy atom. The molecule has 0 aliphatic carbocycles. The Bertz CT molecular complexity index is 825. The number of ether oxygens (including phenoxy) is 1. The van der Waals surface area contributed by atoms with Gasteiger partial charge in [0.2, 0.25) is 10.0 Å². The second kappa shape index (κ2) is 5.90. The molecular formula is C19H21NO3S. The molecule has 2 aromatic rings. The molecule has 0 aromatic heterocycles. The molecule has 2 aliphatic heterocycles. The maximum atomic E-state index is 12.7. The normalized spacial score (nSPS) is 20.3. The van der Waals surface area contributed by atoms with E-state index in [0.29, 0.717) is 18.0 Å². The molecule has 0 bridgehead atoms. The third-order valence-electron chi connectivity index (χ3n) is 5.16. The highest BCUT2D eigenvalue weighted by atomic mass is 32.2. The average Bonchev–Trinajstić information content (AvgIpc) is 2.63. The van der Waals surface area contributed by atoms with Gasteiger partial charge >= 0.3 is 0 Å². The van der Waals surface area contributed by atoms with Crippen molar-refractivity contribution < 1.29 is 13.2 Å². The van der Waals surface area contributed by atoms with E-state index in [1.807, 2.05) is 24.3 Å². The van der Waals surface area contributed by atoms with E-state index in [4.69, 9.17) is 4.74 Å². The maximum Gasteiger partial charge on any atom is 0.243 e. The SMILES string of the molecule is O=S(=O)(c1ccccc1)N1CCC2(CCc3ccccc3O2)CC1. The molecule has 0 amide bonds. The number of fused-ring (bicyclic) bond motifs is 1. The highest BCUT2D eigenvalue weighted by Crippen LogP contribution is 2.39. The second-order valence-corrected chi connectivity index (χ2v) is 8.55. The first kappa shape index (κ1) is 15.7. The Kier molecular flexibility index (Phi) is 3.85. The third kappa shape index (κ3) is 2.72. The van der Waals surface area contributed by atoms with Crippen LogP contribution in [0.1, 0.15) is 24.8 Å². The van der Waals surface area contributed by atoms with E-state index >= 15 is 0 Å². The molecule has 0 radical (unpaired) electrons. The Labute approximate surface area is 143 Å². The molecule has 0 unspecified atom stereocenters. The van der Waals surface area contributed by atoms with E-state index in [0.717, 1.165) is 31.4 Å². The predicted molar refractivity (Wildman–Crippen MR) is 92.6 cm³/mol. The molecule has 5 heteroatoms. The largest absolute Gasteiger partial charge is 0.487 e. The summed E-state index contributed by atoms with van der Waals surface area (Å²) in [6, 6.07) is 16.8. The highest BCUT2D eigenvalue weighted by Gasteiger charge is 2.42. The quantitative estimate of drug-likeness (QED) is 0.841. The monoisotopic (exact) mass is 343 g/mol. The topological polar surface area (TPSA) is 46.6 Å². The smallest absolute Gasteiger partial charge is 0.243 e. The van der Waals surface area contributed by atoms with Gasteiger partial charge in [-0.2, -0.15) is 4.31 Å². The fourth-order valence-corrected chi connectivity index (χ4v) is 5.15. The summed E-state index contributed by atoms with van der Waals surface area (Å²) in [4.78, 5) is 0.371. The lowest BCUT2D eigenvalue weighted by Gasteiger charge is -2.44. The summed E-state index contributed by atoms with van der Waals surface area (Å²) in [7, 11) is -3.40.